The molecule has 1 N–H and O–H groups in total. The lowest BCUT2D eigenvalue weighted by Gasteiger charge is -2.13. The third-order valence-corrected chi connectivity index (χ3v) is 8.77. The number of fused-ring (bicyclic) bond motifs is 3. The molecule has 11 heteroatoms. The Bertz CT molecular complexity index is 1580. The van der Waals surface area contributed by atoms with Gasteiger partial charge in [-0.3, -0.25) is 14.2 Å². The summed E-state index contributed by atoms with van der Waals surface area (Å²) in [5.41, 5.74) is 5.04. The smallest absolute Gasteiger partial charge is 0.267 e. The highest BCUT2D eigenvalue weighted by Crippen LogP contribution is 2.36. The van der Waals surface area contributed by atoms with E-state index < -0.39 is 0 Å². The number of aryl methyl sites for hydroxylation is 2. The van der Waals surface area contributed by atoms with E-state index in [4.69, 9.17) is 14.5 Å². The topological polar surface area (TPSA) is 94.8 Å². The number of methoxy groups -OCH3 is 1. The summed E-state index contributed by atoms with van der Waals surface area (Å²) in [6.45, 7) is 2.48. The molecule has 2 heterocycles. The van der Waals surface area contributed by atoms with Gasteiger partial charge in [0.25, 0.3) is 11.5 Å². The molecule has 0 atom stereocenters. The summed E-state index contributed by atoms with van der Waals surface area (Å²) in [6.07, 6.45) is 4.49. The first kappa shape index (κ1) is 26.5. The molecule has 1 aliphatic carbocycles. The van der Waals surface area contributed by atoms with E-state index in [-0.39, 0.29) is 17.2 Å². The van der Waals surface area contributed by atoms with Gasteiger partial charge in [0.1, 0.15) is 16.3 Å². The van der Waals surface area contributed by atoms with Gasteiger partial charge in [-0.15, -0.1) is 11.3 Å². The molecule has 5 rings (SSSR count). The molecule has 38 heavy (non-hydrogen) atoms. The van der Waals surface area contributed by atoms with E-state index in [1.165, 1.54) is 16.6 Å². The monoisotopic (exact) mass is 612 g/mol. The van der Waals surface area contributed by atoms with Gasteiger partial charge in [-0.05, 0) is 95.7 Å². The van der Waals surface area contributed by atoms with Gasteiger partial charge in [0.15, 0.2) is 5.16 Å². The Hall–Kier alpha value is -3.15. The number of thiophene rings is 1. The maximum atomic E-state index is 13.8. The van der Waals surface area contributed by atoms with Gasteiger partial charge in [-0.2, -0.15) is 5.10 Å². The number of carbonyl (C=O) groups is 1. The van der Waals surface area contributed by atoms with Crippen molar-refractivity contribution in [1.82, 2.24) is 15.0 Å². The first-order chi connectivity index (χ1) is 18.5. The van der Waals surface area contributed by atoms with Crippen LogP contribution in [0.1, 0.15) is 29.3 Å². The predicted octanol–water partition coefficient (Wildman–Crippen LogP) is 5.35. The molecule has 0 fully saturated rings. The largest absolute Gasteiger partial charge is 0.496 e. The highest BCUT2D eigenvalue weighted by atomic mass is 79.9. The van der Waals surface area contributed by atoms with E-state index in [9.17, 15) is 9.59 Å². The third-order valence-electron chi connectivity index (χ3n) is 6.03. The molecule has 4 aromatic rings. The molecule has 0 aliphatic heterocycles. The number of halogens is 1. The summed E-state index contributed by atoms with van der Waals surface area (Å²) in [4.78, 5) is 33.2. The minimum absolute atomic E-state index is 0.0453. The van der Waals surface area contributed by atoms with Crippen LogP contribution in [0.25, 0.3) is 15.9 Å². The summed E-state index contributed by atoms with van der Waals surface area (Å²) < 4.78 is 13.2. The van der Waals surface area contributed by atoms with Crippen molar-refractivity contribution < 1.29 is 14.3 Å². The van der Waals surface area contributed by atoms with Gasteiger partial charge in [0.05, 0.1) is 41.2 Å². The molecule has 0 saturated carbocycles. The summed E-state index contributed by atoms with van der Waals surface area (Å²) >= 11 is 6.22. The normalized spacial score (nSPS) is 12.7. The Morgan fingerprint density at radius 2 is 2.08 bits per heavy atom. The number of benzene rings is 2. The number of hydrogen-bond acceptors (Lipinski definition) is 8. The Morgan fingerprint density at radius 3 is 2.82 bits per heavy atom. The zero-order valence-electron chi connectivity index (χ0n) is 20.8. The van der Waals surface area contributed by atoms with Crippen molar-refractivity contribution in [3.05, 3.63) is 73.3 Å². The quantitative estimate of drug-likeness (QED) is 0.118. The molecule has 1 amide bonds. The van der Waals surface area contributed by atoms with Gasteiger partial charge in [0, 0.05) is 4.88 Å². The molecule has 8 nitrogen and oxygen atoms in total. The molecule has 196 valence electrons. The van der Waals surface area contributed by atoms with Crippen LogP contribution in [0.5, 0.6) is 11.5 Å². The molecule has 0 unspecified atom stereocenters. The van der Waals surface area contributed by atoms with Crippen molar-refractivity contribution in [3.63, 3.8) is 0 Å². The van der Waals surface area contributed by atoms with Crippen LogP contribution in [0.4, 0.5) is 0 Å². The van der Waals surface area contributed by atoms with Gasteiger partial charge in [-0.25, -0.2) is 10.4 Å². The molecule has 2 aromatic heterocycles. The zero-order chi connectivity index (χ0) is 26.6. The van der Waals surface area contributed by atoms with E-state index in [1.807, 2.05) is 49.4 Å². The Morgan fingerprint density at radius 1 is 1.26 bits per heavy atom. The van der Waals surface area contributed by atoms with E-state index in [0.717, 1.165) is 45.4 Å². The first-order valence-electron chi connectivity index (χ1n) is 12.1. The summed E-state index contributed by atoms with van der Waals surface area (Å²) in [5.74, 6) is 1.18. The number of carbonyl (C=O) groups excluding carboxylic acids is 1. The molecular formula is C27H25BrN4O4S2. The Labute approximate surface area is 236 Å². The summed E-state index contributed by atoms with van der Waals surface area (Å²) in [7, 11) is 1.60. The first-order valence-corrected chi connectivity index (χ1v) is 14.7. The minimum atomic E-state index is -0.305. The van der Waals surface area contributed by atoms with Gasteiger partial charge in [0.2, 0.25) is 0 Å². The SMILES string of the molecule is CCOc1ccc(-n2c(SCC(=O)NN=Cc3ccc(OC)c(Br)c3)nc3sc4c(c3c2=O)CCC4)cc1. The second-order valence-electron chi connectivity index (χ2n) is 8.48. The van der Waals surface area contributed by atoms with E-state index in [0.29, 0.717) is 28.6 Å². The molecule has 0 saturated heterocycles. The van der Waals surface area contributed by atoms with Gasteiger partial charge in [-0.1, -0.05) is 11.8 Å². The number of ether oxygens (including phenoxy) is 2. The minimum Gasteiger partial charge on any atom is -0.496 e. The van der Waals surface area contributed by atoms with Crippen LogP contribution in [0.3, 0.4) is 0 Å². The fourth-order valence-electron chi connectivity index (χ4n) is 4.31. The van der Waals surface area contributed by atoms with E-state index >= 15 is 0 Å². The number of amides is 1. The Kier molecular flexibility index (Phi) is 8.15. The van der Waals surface area contributed by atoms with Crippen molar-refractivity contribution in [1.29, 1.82) is 0 Å². The second kappa shape index (κ2) is 11.7. The van der Waals surface area contributed by atoms with Crippen LogP contribution in [-0.4, -0.2) is 41.1 Å². The Balaban J connectivity index is 1.38. The van der Waals surface area contributed by atoms with Crippen LogP contribution in [0.15, 0.2) is 62.0 Å². The van der Waals surface area contributed by atoms with Crippen molar-refractivity contribution >= 4 is 61.4 Å². The average molecular weight is 614 g/mol. The van der Waals surface area contributed by atoms with Crippen LogP contribution in [0, 0.1) is 0 Å². The number of thioether (sulfide) groups is 1. The molecular weight excluding hydrogens is 588 g/mol. The van der Waals surface area contributed by atoms with Crippen molar-refractivity contribution in [3.8, 4) is 17.2 Å². The lowest BCUT2D eigenvalue weighted by Crippen LogP contribution is -2.24. The maximum Gasteiger partial charge on any atom is 0.267 e. The molecule has 0 spiro atoms. The number of hydrogen-bond donors (Lipinski definition) is 1. The number of nitrogens with one attached hydrogen (secondary N) is 1. The van der Waals surface area contributed by atoms with E-state index in [1.54, 1.807) is 29.2 Å². The lowest BCUT2D eigenvalue weighted by atomic mass is 10.2. The fourth-order valence-corrected chi connectivity index (χ4v) is 6.98. The summed E-state index contributed by atoms with van der Waals surface area (Å²) in [5, 5.41) is 5.22. The van der Waals surface area contributed by atoms with Crippen LogP contribution in [-0.2, 0) is 17.6 Å². The van der Waals surface area contributed by atoms with Gasteiger partial charge >= 0.3 is 0 Å². The third kappa shape index (κ3) is 5.50. The van der Waals surface area contributed by atoms with Crippen molar-refractivity contribution in [2.75, 3.05) is 19.5 Å². The highest BCUT2D eigenvalue weighted by molar-refractivity contribution is 9.10. The average Bonchev–Trinajstić information content (AvgIpc) is 3.50. The van der Waals surface area contributed by atoms with Crippen LogP contribution < -0.4 is 20.5 Å². The van der Waals surface area contributed by atoms with Crippen molar-refractivity contribution in [2.24, 2.45) is 5.10 Å². The second-order valence-corrected chi connectivity index (χ2v) is 11.4. The number of aromatic nitrogens is 2. The van der Waals surface area contributed by atoms with Crippen LogP contribution >= 0.6 is 39.0 Å². The zero-order valence-corrected chi connectivity index (χ0v) is 24.0. The standard InChI is InChI=1S/C27H25BrN4O4S2/c1-3-36-18-10-8-17(9-11-18)32-26(34)24-19-5-4-6-22(19)38-25(24)30-27(32)37-15-23(33)31-29-14-16-7-12-21(35-2)20(28)13-16/h7-14H,3-6,15H2,1-2H3,(H,31,33). The van der Waals surface area contributed by atoms with E-state index in [2.05, 4.69) is 26.5 Å². The summed E-state index contributed by atoms with van der Waals surface area (Å²) in [6, 6.07) is 12.8. The molecule has 0 radical (unpaired) electrons. The lowest BCUT2D eigenvalue weighted by molar-refractivity contribution is -0.118. The maximum absolute atomic E-state index is 13.8. The van der Waals surface area contributed by atoms with Crippen LogP contribution in [0.2, 0.25) is 0 Å². The fraction of sp³-hybridized carbons (Fsp3) is 0.259. The highest BCUT2D eigenvalue weighted by Gasteiger charge is 2.24. The van der Waals surface area contributed by atoms with Gasteiger partial charge < -0.3 is 9.47 Å². The number of nitrogens with zero attached hydrogens (tertiary/aromatic N) is 3. The molecule has 2 aromatic carbocycles. The molecule has 1 aliphatic rings. The predicted molar refractivity (Wildman–Crippen MR) is 156 cm³/mol. The number of rotatable bonds is 9. The number of hydrazone groups is 1. The molecule has 0 bridgehead atoms. The van der Waals surface area contributed by atoms with Crippen molar-refractivity contribution in [2.45, 2.75) is 31.3 Å².